The second-order valence-corrected chi connectivity index (χ2v) is 5.34. The van der Waals surface area contributed by atoms with Crippen LogP contribution in [0.15, 0.2) is 47.1 Å². The van der Waals surface area contributed by atoms with Crippen molar-refractivity contribution in [2.75, 3.05) is 7.05 Å². The number of amides is 1. The van der Waals surface area contributed by atoms with Crippen molar-refractivity contribution in [2.24, 2.45) is 0 Å². The predicted octanol–water partition coefficient (Wildman–Crippen LogP) is 2.81. The van der Waals surface area contributed by atoms with E-state index >= 15 is 0 Å². The molecule has 0 radical (unpaired) electrons. The number of rotatable bonds is 4. The van der Waals surface area contributed by atoms with Gasteiger partial charge in [0.15, 0.2) is 0 Å². The molecule has 2 aromatic rings. The van der Waals surface area contributed by atoms with Crippen LogP contribution in [-0.4, -0.2) is 33.9 Å². The quantitative estimate of drug-likeness (QED) is 0.922. The van der Waals surface area contributed by atoms with Gasteiger partial charge in [0.2, 0.25) is 0 Å². The maximum absolute atomic E-state index is 12.3. The minimum absolute atomic E-state index is 0.143. The first kappa shape index (κ1) is 15.2. The van der Waals surface area contributed by atoms with E-state index in [2.05, 4.69) is 20.9 Å². The number of hydrogen-bond donors (Lipinski definition) is 1. The maximum atomic E-state index is 12.3. The Morgan fingerprint density at radius 2 is 2.00 bits per heavy atom. The van der Waals surface area contributed by atoms with Gasteiger partial charge < -0.3 is 10.0 Å². The Bertz CT molecular complexity index is 688. The van der Waals surface area contributed by atoms with Gasteiger partial charge in [-0.25, -0.2) is 9.78 Å². The van der Waals surface area contributed by atoms with Gasteiger partial charge in [-0.2, -0.15) is 0 Å². The molecule has 0 bridgehead atoms. The Morgan fingerprint density at radius 3 is 2.67 bits per heavy atom. The molecular weight excluding hydrogens is 336 g/mol. The summed E-state index contributed by atoms with van der Waals surface area (Å²) in [5, 5.41) is 8.91. The fraction of sp³-hybridized carbons (Fsp3) is 0.133. The molecule has 1 aromatic heterocycles. The normalized spacial score (nSPS) is 10.2. The first-order valence-corrected chi connectivity index (χ1v) is 6.96. The highest BCUT2D eigenvalue weighted by atomic mass is 79.9. The summed E-state index contributed by atoms with van der Waals surface area (Å²) in [6, 6.07) is 10.4. The van der Waals surface area contributed by atoms with Gasteiger partial charge in [-0.3, -0.25) is 4.79 Å². The zero-order valence-corrected chi connectivity index (χ0v) is 12.9. The number of hydrogen-bond acceptors (Lipinski definition) is 3. The number of carbonyl (C=O) groups is 2. The van der Waals surface area contributed by atoms with E-state index < -0.39 is 5.97 Å². The number of aromatic carboxylic acids is 1. The molecule has 0 spiro atoms. The molecule has 0 fully saturated rings. The minimum atomic E-state index is -1.15. The largest absolute Gasteiger partial charge is 0.477 e. The Kier molecular flexibility index (Phi) is 4.70. The van der Waals surface area contributed by atoms with E-state index in [0.717, 1.165) is 10.0 Å². The molecule has 2 rings (SSSR count). The Labute approximate surface area is 130 Å². The smallest absolute Gasteiger partial charge is 0.354 e. The van der Waals surface area contributed by atoms with Crippen molar-refractivity contribution in [1.82, 2.24) is 9.88 Å². The van der Waals surface area contributed by atoms with Crippen molar-refractivity contribution in [2.45, 2.75) is 6.54 Å². The molecule has 0 saturated carbocycles. The average Bonchev–Trinajstić information content (AvgIpc) is 2.49. The molecule has 1 aromatic carbocycles. The summed E-state index contributed by atoms with van der Waals surface area (Å²) in [6.07, 6.45) is 1.32. The Morgan fingerprint density at radius 1 is 1.29 bits per heavy atom. The molecule has 0 aliphatic heterocycles. The second-order valence-electron chi connectivity index (χ2n) is 4.49. The van der Waals surface area contributed by atoms with E-state index in [9.17, 15) is 9.59 Å². The van der Waals surface area contributed by atoms with Gasteiger partial charge in [-0.15, -0.1) is 0 Å². The third-order valence-electron chi connectivity index (χ3n) is 2.94. The summed E-state index contributed by atoms with van der Waals surface area (Å²) < 4.78 is 0.922. The molecule has 1 N–H and O–H groups in total. The van der Waals surface area contributed by atoms with Crippen molar-refractivity contribution >= 4 is 27.8 Å². The van der Waals surface area contributed by atoms with Crippen LogP contribution in [-0.2, 0) is 6.54 Å². The van der Waals surface area contributed by atoms with Crippen molar-refractivity contribution < 1.29 is 14.7 Å². The highest BCUT2D eigenvalue weighted by Gasteiger charge is 2.15. The standard InChI is InChI=1S/C15H13BrN2O3/c1-18(9-11-4-2-3-5-12(11)16)14(19)10-6-7-17-13(8-10)15(20)21/h2-8H,9H2,1H3,(H,20,21). The van der Waals surface area contributed by atoms with Crippen molar-refractivity contribution in [3.63, 3.8) is 0 Å². The number of nitrogens with zero attached hydrogens (tertiary/aromatic N) is 2. The van der Waals surface area contributed by atoms with Crippen LogP contribution in [0.5, 0.6) is 0 Å². The van der Waals surface area contributed by atoms with Crippen LogP contribution >= 0.6 is 15.9 Å². The number of halogens is 1. The predicted molar refractivity (Wildman–Crippen MR) is 81.1 cm³/mol. The lowest BCUT2D eigenvalue weighted by atomic mass is 10.1. The fourth-order valence-electron chi connectivity index (χ4n) is 1.85. The lowest BCUT2D eigenvalue weighted by molar-refractivity contribution is 0.0690. The summed E-state index contributed by atoms with van der Waals surface area (Å²) in [5.74, 6) is -1.41. The molecule has 1 heterocycles. The molecular formula is C15H13BrN2O3. The zero-order chi connectivity index (χ0) is 15.4. The van der Waals surface area contributed by atoms with Crippen LogP contribution < -0.4 is 0 Å². The maximum Gasteiger partial charge on any atom is 0.354 e. The topological polar surface area (TPSA) is 70.5 Å². The molecule has 1 amide bonds. The first-order chi connectivity index (χ1) is 9.99. The van der Waals surface area contributed by atoms with Crippen LogP contribution in [0.1, 0.15) is 26.4 Å². The van der Waals surface area contributed by atoms with E-state index in [0.29, 0.717) is 12.1 Å². The van der Waals surface area contributed by atoms with E-state index in [1.807, 2.05) is 24.3 Å². The van der Waals surface area contributed by atoms with Crippen LogP contribution in [0.3, 0.4) is 0 Å². The minimum Gasteiger partial charge on any atom is -0.477 e. The number of carbonyl (C=O) groups excluding carboxylic acids is 1. The summed E-state index contributed by atoms with van der Waals surface area (Å²) in [5.41, 5.74) is 1.13. The molecule has 0 aliphatic rings. The molecule has 0 aliphatic carbocycles. The van der Waals surface area contributed by atoms with Gasteiger partial charge in [0.05, 0.1) is 0 Å². The number of benzene rings is 1. The zero-order valence-electron chi connectivity index (χ0n) is 11.3. The van der Waals surface area contributed by atoms with E-state index in [4.69, 9.17) is 5.11 Å². The van der Waals surface area contributed by atoms with Crippen LogP contribution in [0.2, 0.25) is 0 Å². The second kappa shape index (κ2) is 6.49. The van der Waals surface area contributed by atoms with Gasteiger partial charge >= 0.3 is 5.97 Å². The molecule has 6 heteroatoms. The first-order valence-electron chi connectivity index (χ1n) is 6.17. The van der Waals surface area contributed by atoms with Gasteiger partial charge in [-0.05, 0) is 23.8 Å². The third kappa shape index (κ3) is 3.66. The molecule has 0 saturated heterocycles. The summed E-state index contributed by atoms with van der Waals surface area (Å²) in [7, 11) is 1.67. The number of pyridine rings is 1. The molecule has 21 heavy (non-hydrogen) atoms. The lowest BCUT2D eigenvalue weighted by Crippen LogP contribution is -2.26. The third-order valence-corrected chi connectivity index (χ3v) is 3.71. The van der Waals surface area contributed by atoms with Gasteiger partial charge in [0, 0.05) is 29.8 Å². The number of carboxylic acids is 1. The lowest BCUT2D eigenvalue weighted by Gasteiger charge is -2.18. The highest BCUT2D eigenvalue weighted by molar-refractivity contribution is 9.10. The Hall–Kier alpha value is -2.21. The summed E-state index contributed by atoms with van der Waals surface area (Å²) in [6.45, 7) is 0.422. The van der Waals surface area contributed by atoms with Gasteiger partial charge in [0.1, 0.15) is 5.69 Å². The summed E-state index contributed by atoms with van der Waals surface area (Å²) in [4.78, 5) is 28.4. The van der Waals surface area contributed by atoms with Gasteiger partial charge in [0.25, 0.3) is 5.91 Å². The van der Waals surface area contributed by atoms with Gasteiger partial charge in [-0.1, -0.05) is 34.1 Å². The average molecular weight is 349 g/mol. The Balaban J connectivity index is 2.18. The van der Waals surface area contributed by atoms with Crippen molar-refractivity contribution in [3.05, 3.63) is 63.9 Å². The van der Waals surface area contributed by atoms with Crippen LogP contribution in [0.4, 0.5) is 0 Å². The molecule has 5 nitrogen and oxygen atoms in total. The van der Waals surface area contributed by atoms with E-state index in [1.54, 1.807) is 7.05 Å². The fourth-order valence-corrected chi connectivity index (χ4v) is 2.27. The SMILES string of the molecule is CN(Cc1ccccc1Br)C(=O)c1ccnc(C(=O)O)c1. The molecule has 0 unspecified atom stereocenters. The van der Waals surface area contributed by atoms with Crippen LogP contribution in [0, 0.1) is 0 Å². The summed E-state index contributed by atoms with van der Waals surface area (Å²) >= 11 is 3.44. The van der Waals surface area contributed by atoms with E-state index in [1.165, 1.54) is 23.2 Å². The molecule has 108 valence electrons. The van der Waals surface area contributed by atoms with Crippen molar-refractivity contribution in [1.29, 1.82) is 0 Å². The number of carboxylic acid groups (broad SMARTS) is 1. The highest BCUT2D eigenvalue weighted by Crippen LogP contribution is 2.18. The van der Waals surface area contributed by atoms with E-state index in [-0.39, 0.29) is 11.6 Å². The number of aromatic nitrogens is 1. The van der Waals surface area contributed by atoms with Crippen LogP contribution in [0.25, 0.3) is 0 Å². The van der Waals surface area contributed by atoms with Crippen molar-refractivity contribution in [3.8, 4) is 0 Å². The monoisotopic (exact) mass is 348 g/mol. The molecule has 0 atom stereocenters.